The van der Waals surface area contributed by atoms with E-state index in [2.05, 4.69) is 86.8 Å². The summed E-state index contributed by atoms with van der Waals surface area (Å²) in [5, 5.41) is 6.61. The largest absolute Gasteiger partial charge is 0.466 e. The minimum atomic E-state index is -2.55. The van der Waals surface area contributed by atoms with Gasteiger partial charge in [-0.15, -0.1) is 0 Å². The second-order valence-corrected chi connectivity index (χ2v) is 15.8. The predicted octanol–water partition coefficient (Wildman–Crippen LogP) is 5.20. The molecular formula is C30H43NO3Si. The molecule has 0 amide bonds. The zero-order chi connectivity index (χ0) is 24.9. The van der Waals surface area contributed by atoms with Crippen LogP contribution in [0.4, 0.5) is 0 Å². The number of benzene rings is 2. The highest BCUT2D eigenvalue weighted by molar-refractivity contribution is 6.99. The van der Waals surface area contributed by atoms with Gasteiger partial charge in [0.25, 0.3) is 8.32 Å². The van der Waals surface area contributed by atoms with Crippen molar-refractivity contribution in [2.45, 2.75) is 89.3 Å². The van der Waals surface area contributed by atoms with Crippen LogP contribution in [0, 0.1) is 5.92 Å². The van der Waals surface area contributed by atoms with Crippen LogP contribution >= 0.6 is 0 Å². The Balaban J connectivity index is 1.61. The third-order valence-corrected chi connectivity index (χ3v) is 13.3. The van der Waals surface area contributed by atoms with Gasteiger partial charge in [-0.3, -0.25) is 4.79 Å². The van der Waals surface area contributed by atoms with Crippen LogP contribution in [0.5, 0.6) is 0 Å². The van der Waals surface area contributed by atoms with Crippen LogP contribution in [0.2, 0.25) is 5.04 Å². The second-order valence-electron chi connectivity index (χ2n) is 11.5. The fraction of sp³-hybridized carbons (Fsp3) is 0.567. The monoisotopic (exact) mass is 493 g/mol. The van der Waals surface area contributed by atoms with Crippen molar-refractivity contribution in [3.63, 3.8) is 0 Å². The van der Waals surface area contributed by atoms with Gasteiger partial charge in [-0.2, -0.15) is 0 Å². The Hall–Kier alpha value is -1.95. The molecule has 1 N–H and O–H groups in total. The first-order valence-corrected chi connectivity index (χ1v) is 15.4. The summed E-state index contributed by atoms with van der Waals surface area (Å²) >= 11 is 0. The highest BCUT2D eigenvalue weighted by Crippen LogP contribution is 2.44. The van der Waals surface area contributed by atoms with Crippen molar-refractivity contribution in [3.8, 4) is 0 Å². The van der Waals surface area contributed by atoms with E-state index in [0.29, 0.717) is 18.9 Å². The number of ether oxygens (including phenoxy) is 1. The van der Waals surface area contributed by atoms with Gasteiger partial charge >= 0.3 is 5.97 Å². The maximum atomic E-state index is 12.2. The van der Waals surface area contributed by atoms with Gasteiger partial charge in [0, 0.05) is 18.2 Å². The average Bonchev–Trinajstić information content (AvgIpc) is 3.21. The number of nitrogens with one attached hydrogen (secondary N) is 1. The van der Waals surface area contributed by atoms with Gasteiger partial charge in [-0.25, -0.2) is 0 Å². The van der Waals surface area contributed by atoms with Gasteiger partial charge in [0.05, 0.1) is 13.0 Å². The molecule has 0 bridgehead atoms. The summed E-state index contributed by atoms with van der Waals surface area (Å²) in [5.41, 5.74) is 0.0702. The van der Waals surface area contributed by atoms with Crippen molar-refractivity contribution in [1.82, 2.24) is 5.32 Å². The SMILES string of the molecule is CCOC(=O)C[C@H]1CCC[C@]2(CCC[C@H]2CO[Si](c2ccccc2)(c2ccccc2)C(C)(C)C)N1. The molecule has 1 spiro atoms. The molecule has 3 atom stereocenters. The smallest absolute Gasteiger partial charge is 0.307 e. The third kappa shape index (κ3) is 5.42. The maximum Gasteiger partial charge on any atom is 0.307 e. The lowest BCUT2D eigenvalue weighted by Crippen LogP contribution is -2.67. The molecule has 0 radical (unpaired) electrons. The van der Waals surface area contributed by atoms with E-state index in [4.69, 9.17) is 9.16 Å². The zero-order valence-corrected chi connectivity index (χ0v) is 23.0. The molecule has 2 aromatic rings. The van der Waals surface area contributed by atoms with Crippen molar-refractivity contribution in [1.29, 1.82) is 0 Å². The quantitative estimate of drug-likeness (QED) is 0.406. The van der Waals surface area contributed by atoms with E-state index in [-0.39, 0.29) is 22.6 Å². The van der Waals surface area contributed by atoms with Crippen molar-refractivity contribution in [2.24, 2.45) is 5.92 Å². The topological polar surface area (TPSA) is 47.6 Å². The van der Waals surface area contributed by atoms with Gasteiger partial charge < -0.3 is 14.5 Å². The van der Waals surface area contributed by atoms with Gasteiger partial charge in [-0.1, -0.05) is 94.3 Å². The molecule has 35 heavy (non-hydrogen) atoms. The lowest BCUT2D eigenvalue weighted by Gasteiger charge is -2.47. The molecule has 4 nitrogen and oxygen atoms in total. The van der Waals surface area contributed by atoms with Gasteiger partial charge in [-0.05, 0) is 53.9 Å². The predicted molar refractivity (Wildman–Crippen MR) is 146 cm³/mol. The Labute approximate surface area is 212 Å². The highest BCUT2D eigenvalue weighted by Gasteiger charge is 2.52. The number of carbonyl (C=O) groups is 1. The molecule has 2 aromatic carbocycles. The number of hydrogen-bond acceptors (Lipinski definition) is 4. The summed E-state index contributed by atoms with van der Waals surface area (Å²) in [6.45, 7) is 10.1. The number of hydrogen-bond donors (Lipinski definition) is 1. The van der Waals surface area contributed by atoms with E-state index in [1.165, 1.54) is 36.1 Å². The Bertz CT molecular complexity index is 919. The Kier molecular flexibility index (Phi) is 8.19. The molecule has 2 fully saturated rings. The summed E-state index contributed by atoms with van der Waals surface area (Å²) in [6.07, 6.45) is 7.40. The van der Waals surface area contributed by atoms with E-state index in [9.17, 15) is 4.79 Å². The van der Waals surface area contributed by atoms with Crippen molar-refractivity contribution in [3.05, 3.63) is 60.7 Å². The minimum absolute atomic E-state index is 0.0199. The molecule has 0 aromatic heterocycles. The van der Waals surface area contributed by atoms with Crippen LogP contribution in [0.1, 0.15) is 72.6 Å². The normalized spacial score (nSPS) is 25.0. The van der Waals surface area contributed by atoms with E-state index >= 15 is 0 Å². The molecule has 1 saturated heterocycles. The van der Waals surface area contributed by atoms with Crippen molar-refractivity contribution >= 4 is 24.7 Å². The minimum Gasteiger partial charge on any atom is -0.466 e. The number of rotatable bonds is 8. The standard InChI is InChI=1S/C30H43NO3Si/c1-5-33-28(32)22-25-15-13-21-30(31-25)20-12-14-24(30)23-34-35(29(2,3)4,26-16-8-6-9-17-26)27-18-10-7-11-19-27/h6-11,16-19,24-25,31H,5,12-15,20-23H2,1-4H3/t24-,25+,30-/m0/s1. The summed E-state index contributed by atoms with van der Waals surface area (Å²) in [7, 11) is -2.55. The molecule has 5 heteroatoms. The van der Waals surface area contributed by atoms with Gasteiger partial charge in [0.15, 0.2) is 0 Å². The zero-order valence-electron chi connectivity index (χ0n) is 22.0. The summed E-state index contributed by atoms with van der Waals surface area (Å²) < 4.78 is 12.6. The Morgan fingerprint density at radius 1 is 0.971 bits per heavy atom. The number of esters is 1. The first kappa shape index (κ1) is 26.1. The molecule has 190 valence electrons. The molecular weight excluding hydrogens is 450 g/mol. The van der Waals surface area contributed by atoms with Crippen LogP contribution in [0.25, 0.3) is 0 Å². The van der Waals surface area contributed by atoms with Crippen LogP contribution < -0.4 is 15.7 Å². The summed E-state index contributed by atoms with van der Waals surface area (Å²) in [5.74, 6) is 0.370. The first-order valence-electron chi connectivity index (χ1n) is 13.5. The van der Waals surface area contributed by atoms with Crippen LogP contribution in [0.15, 0.2) is 60.7 Å². The molecule has 0 unspecified atom stereocenters. The second kappa shape index (κ2) is 11.0. The van der Waals surface area contributed by atoms with Gasteiger partial charge in [0.1, 0.15) is 0 Å². The summed E-state index contributed by atoms with van der Waals surface area (Å²) in [4.78, 5) is 12.2. The van der Waals surface area contributed by atoms with E-state index in [1.54, 1.807) is 0 Å². The number of carbonyl (C=O) groups excluding carboxylic acids is 1. The van der Waals surface area contributed by atoms with E-state index in [1.807, 2.05) is 6.92 Å². The Morgan fingerprint density at radius 2 is 1.54 bits per heavy atom. The average molecular weight is 494 g/mol. The lowest BCUT2D eigenvalue weighted by atomic mass is 9.78. The Morgan fingerprint density at radius 3 is 2.09 bits per heavy atom. The van der Waals surface area contributed by atoms with Crippen LogP contribution in [-0.2, 0) is 14.0 Å². The van der Waals surface area contributed by atoms with Crippen LogP contribution in [-0.4, -0.2) is 39.1 Å². The molecule has 1 saturated carbocycles. The van der Waals surface area contributed by atoms with E-state index < -0.39 is 8.32 Å². The lowest BCUT2D eigenvalue weighted by molar-refractivity contribution is -0.144. The van der Waals surface area contributed by atoms with E-state index in [0.717, 1.165) is 19.4 Å². The molecule has 1 aliphatic heterocycles. The maximum absolute atomic E-state index is 12.2. The molecule has 1 heterocycles. The summed E-state index contributed by atoms with van der Waals surface area (Å²) in [6, 6.07) is 22.1. The molecule has 4 rings (SSSR count). The molecule has 1 aliphatic carbocycles. The van der Waals surface area contributed by atoms with Crippen molar-refractivity contribution < 1.29 is 14.0 Å². The number of piperidine rings is 1. The fourth-order valence-electron chi connectivity index (χ4n) is 6.68. The third-order valence-electron chi connectivity index (χ3n) is 8.26. The highest BCUT2D eigenvalue weighted by atomic mass is 28.4. The molecule has 2 aliphatic rings. The first-order chi connectivity index (χ1) is 16.8. The van der Waals surface area contributed by atoms with Gasteiger partial charge in [0.2, 0.25) is 0 Å². The van der Waals surface area contributed by atoms with Crippen molar-refractivity contribution in [2.75, 3.05) is 13.2 Å². The fourth-order valence-corrected chi connectivity index (χ4v) is 11.3. The van der Waals surface area contributed by atoms with Crippen LogP contribution in [0.3, 0.4) is 0 Å².